The van der Waals surface area contributed by atoms with Gasteiger partial charge in [-0.15, -0.1) is 0 Å². The Morgan fingerprint density at radius 3 is 2.43 bits per heavy atom. The van der Waals surface area contributed by atoms with Crippen molar-refractivity contribution in [3.05, 3.63) is 82.9 Å². The van der Waals surface area contributed by atoms with E-state index in [1.54, 1.807) is 22.6 Å². The topological polar surface area (TPSA) is 55.2 Å². The first-order valence-corrected chi connectivity index (χ1v) is 11.9. The molecular formula is C24H29N3O2S. The molecule has 1 aliphatic carbocycles. The first-order valence-electron chi connectivity index (χ1n) is 10.5. The molecule has 1 saturated carbocycles. The van der Waals surface area contributed by atoms with Crippen molar-refractivity contribution in [3.8, 4) is 0 Å². The average molecular weight is 424 g/mol. The summed E-state index contributed by atoms with van der Waals surface area (Å²) in [7, 11) is -3.57. The van der Waals surface area contributed by atoms with Crippen LogP contribution in [-0.2, 0) is 23.1 Å². The number of hydrogen-bond acceptors (Lipinski definition) is 3. The second-order valence-corrected chi connectivity index (χ2v) is 10.4. The summed E-state index contributed by atoms with van der Waals surface area (Å²) in [6, 6.07) is 13.5. The van der Waals surface area contributed by atoms with Gasteiger partial charge in [0.25, 0.3) is 0 Å². The van der Waals surface area contributed by atoms with Crippen molar-refractivity contribution in [1.82, 2.24) is 13.9 Å². The van der Waals surface area contributed by atoms with E-state index in [1.165, 1.54) is 16.7 Å². The minimum atomic E-state index is -3.57. The number of nitrogens with zero attached hydrogens (tertiary/aromatic N) is 3. The van der Waals surface area contributed by atoms with Gasteiger partial charge in [-0.2, -0.15) is 4.31 Å². The fourth-order valence-electron chi connectivity index (χ4n) is 3.64. The maximum absolute atomic E-state index is 13.4. The highest BCUT2D eigenvalue weighted by molar-refractivity contribution is 7.89. The highest BCUT2D eigenvalue weighted by Gasteiger charge is 2.32. The van der Waals surface area contributed by atoms with Gasteiger partial charge in [0.15, 0.2) is 0 Å². The maximum atomic E-state index is 13.4. The molecule has 0 atom stereocenters. The van der Waals surface area contributed by atoms with Crippen molar-refractivity contribution < 1.29 is 8.42 Å². The van der Waals surface area contributed by atoms with Gasteiger partial charge in [0.05, 0.1) is 11.4 Å². The van der Waals surface area contributed by atoms with Crippen LogP contribution in [0.4, 0.5) is 0 Å². The Bertz CT molecular complexity index is 1130. The van der Waals surface area contributed by atoms with Gasteiger partial charge in [0, 0.05) is 25.5 Å². The molecule has 1 heterocycles. The molecule has 30 heavy (non-hydrogen) atoms. The van der Waals surface area contributed by atoms with Gasteiger partial charge in [0.1, 0.15) is 5.82 Å². The predicted molar refractivity (Wildman–Crippen MR) is 119 cm³/mol. The second kappa shape index (κ2) is 8.36. The molecule has 2 aromatic carbocycles. The standard InChI is InChI=1S/C24H29N3O2S/c1-18-5-10-23(11-6-18)30(28,29)27(15-21-8-9-21)17-24-25-12-13-26(24)16-22-14-19(2)4-7-20(22)3/h4-7,10-14,21H,8-9,15-17H2,1-3H3. The van der Waals surface area contributed by atoms with Crippen LogP contribution in [-0.4, -0.2) is 28.8 Å². The van der Waals surface area contributed by atoms with Gasteiger partial charge in [-0.05, 0) is 62.8 Å². The summed E-state index contributed by atoms with van der Waals surface area (Å²) in [5, 5.41) is 0. The predicted octanol–water partition coefficient (Wildman–Crippen LogP) is 4.46. The van der Waals surface area contributed by atoms with Crippen molar-refractivity contribution in [2.75, 3.05) is 6.54 Å². The van der Waals surface area contributed by atoms with Gasteiger partial charge in [-0.1, -0.05) is 41.5 Å². The average Bonchev–Trinajstić information content (AvgIpc) is 3.43. The van der Waals surface area contributed by atoms with E-state index in [0.29, 0.717) is 23.9 Å². The van der Waals surface area contributed by atoms with Crippen LogP contribution >= 0.6 is 0 Å². The summed E-state index contributed by atoms with van der Waals surface area (Å²) < 4.78 is 30.5. The highest BCUT2D eigenvalue weighted by atomic mass is 32.2. The minimum absolute atomic E-state index is 0.282. The van der Waals surface area contributed by atoms with E-state index in [2.05, 4.69) is 41.6 Å². The number of aryl methyl sites for hydroxylation is 3. The van der Waals surface area contributed by atoms with Crippen LogP contribution in [0.15, 0.2) is 59.8 Å². The van der Waals surface area contributed by atoms with E-state index >= 15 is 0 Å². The van der Waals surface area contributed by atoms with E-state index < -0.39 is 10.0 Å². The molecule has 1 fully saturated rings. The Hall–Kier alpha value is -2.44. The third-order valence-electron chi connectivity index (χ3n) is 5.78. The molecular weight excluding hydrogens is 394 g/mol. The molecule has 1 aliphatic rings. The van der Waals surface area contributed by atoms with E-state index in [9.17, 15) is 8.42 Å². The molecule has 0 saturated heterocycles. The molecule has 0 aliphatic heterocycles. The number of rotatable bonds is 8. The summed E-state index contributed by atoms with van der Waals surface area (Å²) in [4.78, 5) is 4.86. The molecule has 4 rings (SSSR count). The van der Waals surface area contributed by atoms with Gasteiger partial charge in [-0.25, -0.2) is 13.4 Å². The number of benzene rings is 2. The molecule has 0 unspecified atom stereocenters. The van der Waals surface area contributed by atoms with Gasteiger partial charge >= 0.3 is 0 Å². The Morgan fingerprint density at radius 1 is 1.03 bits per heavy atom. The van der Waals surface area contributed by atoms with Gasteiger partial charge in [-0.3, -0.25) is 0 Å². The summed E-state index contributed by atoms with van der Waals surface area (Å²) in [5.74, 6) is 1.22. The monoisotopic (exact) mass is 423 g/mol. The fourth-order valence-corrected chi connectivity index (χ4v) is 5.11. The first-order chi connectivity index (χ1) is 14.3. The molecule has 1 aromatic heterocycles. The van der Waals surface area contributed by atoms with E-state index in [-0.39, 0.29) is 6.54 Å². The zero-order chi connectivity index (χ0) is 21.3. The minimum Gasteiger partial charge on any atom is -0.329 e. The molecule has 6 heteroatoms. The number of hydrogen-bond donors (Lipinski definition) is 0. The molecule has 158 valence electrons. The lowest BCUT2D eigenvalue weighted by atomic mass is 10.1. The smallest absolute Gasteiger partial charge is 0.243 e. The van der Waals surface area contributed by atoms with Crippen LogP contribution in [0.2, 0.25) is 0 Å². The molecule has 0 amide bonds. The van der Waals surface area contributed by atoms with E-state index in [1.807, 2.05) is 25.3 Å². The summed E-state index contributed by atoms with van der Waals surface area (Å²) in [6.07, 6.45) is 5.88. The van der Waals surface area contributed by atoms with Crippen molar-refractivity contribution in [3.63, 3.8) is 0 Å². The SMILES string of the molecule is Cc1ccc(S(=O)(=O)N(Cc2nccn2Cc2cc(C)ccc2C)CC2CC2)cc1. The number of imidazole rings is 1. The molecule has 0 bridgehead atoms. The largest absolute Gasteiger partial charge is 0.329 e. The lowest BCUT2D eigenvalue weighted by molar-refractivity contribution is 0.377. The maximum Gasteiger partial charge on any atom is 0.243 e. The number of aromatic nitrogens is 2. The van der Waals surface area contributed by atoms with Crippen LogP contribution in [0.25, 0.3) is 0 Å². The quantitative estimate of drug-likeness (QED) is 0.538. The van der Waals surface area contributed by atoms with Gasteiger partial charge in [0.2, 0.25) is 10.0 Å². The summed E-state index contributed by atoms with van der Waals surface area (Å²) in [5.41, 5.74) is 4.72. The van der Waals surface area contributed by atoms with Crippen molar-refractivity contribution >= 4 is 10.0 Å². The lowest BCUT2D eigenvalue weighted by Crippen LogP contribution is -2.33. The van der Waals surface area contributed by atoms with Crippen LogP contribution in [0, 0.1) is 26.7 Å². The van der Waals surface area contributed by atoms with Crippen LogP contribution in [0.1, 0.15) is 40.9 Å². The first kappa shape index (κ1) is 20.8. The summed E-state index contributed by atoms with van der Waals surface area (Å²) >= 11 is 0. The van der Waals surface area contributed by atoms with E-state index in [4.69, 9.17) is 0 Å². The Labute approximate surface area is 179 Å². The Morgan fingerprint density at radius 2 is 1.73 bits per heavy atom. The lowest BCUT2D eigenvalue weighted by Gasteiger charge is -2.23. The molecule has 3 aromatic rings. The second-order valence-electron chi connectivity index (χ2n) is 8.46. The zero-order valence-electron chi connectivity index (χ0n) is 17.9. The van der Waals surface area contributed by atoms with Crippen molar-refractivity contribution in [1.29, 1.82) is 0 Å². The fraction of sp³-hybridized carbons (Fsp3) is 0.375. The highest BCUT2D eigenvalue weighted by Crippen LogP contribution is 2.32. The van der Waals surface area contributed by atoms with Crippen molar-refractivity contribution in [2.45, 2.75) is 51.6 Å². The summed E-state index contributed by atoms with van der Waals surface area (Å²) in [6.45, 7) is 7.67. The van der Waals surface area contributed by atoms with Crippen molar-refractivity contribution in [2.24, 2.45) is 5.92 Å². The molecule has 5 nitrogen and oxygen atoms in total. The zero-order valence-corrected chi connectivity index (χ0v) is 18.7. The molecule has 0 radical (unpaired) electrons. The van der Waals surface area contributed by atoms with Crippen LogP contribution < -0.4 is 0 Å². The molecule has 0 spiro atoms. The number of sulfonamides is 1. The van der Waals surface area contributed by atoms with Crippen LogP contribution in [0.3, 0.4) is 0 Å². The van der Waals surface area contributed by atoms with Crippen LogP contribution in [0.5, 0.6) is 0 Å². The van der Waals surface area contributed by atoms with E-state index in [0.717, 1.165) is 24.2 Å². The van der Waals surface area contributed by atoms with Gasteiger partial charge < -0.3 is 4.57 Å². The third-order valence-corrected chi connectivity index (χ3v) is 7.61. The Balaban J connectivity index is 1.61. The molecule has 0 N–H and O–H groups in total. The normalized spacial score (nSPS) is 14.4. The Kier molecular flexibility index (Phi) is 5.80. The third kappa shape index (κ3) is 4.65.